The van der Waals surface area contributed by atoms with Crippen LogP contribution in [0.3, 0.4) is 0 Å². The third-order valence-corrected chi connectivity index (χ3v) is 3.58. The first-order valence-electron chi connectivity index (χ1n) is 7.51. The Morgan fingerprint density at radius 2 is 1.41 bits per heavy atom. The number of hydrogen-bond acceptors (Lipinski definition) is 3. The zero-order chi connectivity index (χ0) is 15.0. The van der Waals surface area contributed by atoms with Gasteiger partial charge in [0.25, 0.3) is 0 Å². The Hall–Kier alpha value is -2.10. The van der Waals surface area contributed by atoms with Gasteiger partial charge in [-0.2, -0.15) is 0 Å². The molecule has 2 aromatic carbocycles. The maximum Gasteiger partial charge on any atom is 0.122 e. The second kappa shape index (κ2) is 7.78. The molecule has 0 bridgehead atoms. The van der Waals surface area contributed by atoms with Crippen LogP contribution in [-0.2, 0) is 27.4 Å². The highest BCUT2D eigenvalue weighted by atomic mass is 16.6. The first kappa shape index (κ1) is 14.8. The molecule has 3 rings (SSSR count). The molecule has 0 saturated heterocycles. The van der Waals surface area contributed by atoms with E-state index < -0.39 is 0 Å². The normalized spacial score (nSPS) is 20.5. The number of rotatable bonds is 6. The predicted octanol–water partition coefficient (Wildman–Crippen LogP) is 3.70. The van der Waals surface area contributed by atoms with Crippen molar-refractivity contribution in [2.24, 2.45) is 0 Å². The molecule has 3 nitrogen and oxygen atoms in total. The Balaban J connectivity index is 1.54. The summed E-state index contributed by atoms with van der Waals surface area (Å²) in [6.45, 7) is 1.65. The molecule has 0 radical (unpaired) electrons. The summed E-state index contributed by atoms with van der Waals surface area (Å²) in [6.07, 6.45) is 3.44. The number of hydrogen-bond donors (Lipinski definition) is 0. The summed E-state index contributed by atoms with van der Waals surface area (Å²) in [6, 6.07) is 20.3. The van der Waals surface area contributed by atoms with Gasteiger partial charge in [-0.05, 0) is 17.2 Å². The van der Waals surface area contributed by atoms with Crippen LogP contribution in [0.15, 0.2) is 73.0 Å². The molecule has 1 aliphatic rings. The number of ether oxygens (including phenoxy) is 3. The van der Waals surface area contributed by atoms with E-state index in [0.29, 0.717) is 19.8 Å². The van der Waals surface area contributed by atoms with Crippen molar-refractivity contribution in [3.8, 4) is 0 Å². The third kappa shape index (κ3) is 4.20. The standard InChI is InChI=1S/C19H20O3/c1-3-7-16(8-4-1)13-21-18-11-12-20-15-19(18)22-14-17-9-5-2-6-10-17/h1-12,18-19H,13-15H2/t18-,19+/m0/s1. The Morgan fingerprint density at radius 3 is 2.05 bits per heavy atom. The molecule has 1 heterocycles. The summed E-state index contributed by atoms with van der Waals surface area (Å²) in [5.74, 6) is 0. The van der Waals surface area contributed by atoms with E-state index in [4.69, 9.17) is 14.2 Å². The molecule has 3 heteroatoms. The summed E-state index contributed by atoms with van der Waals surface area (Å²) in [5.41, 5.74) is 2.31. The summed E-state index contributed by atoms with van der Waals surface area (Å²) in [4.78, 5) is 0. The van der Waals surface area contributed by atoms with E-state index in [1.165, 1.54) is 0 Å². The molecule has 2 atom stereocenters. The molecular formula is C19H20O3. The molecule has 0 saturated carbocycles. The van der Waals surface area contributed by atoms with E-state index in [1.807, 2.05) is 42.5 Å². The molecule has 1 aliphatic heterocycles. The van der Waals surface area contributed by atoms with E-state index in [1.54, 1.807) is 6.26 Å². The Labute approximate surface area is 131 Å². The van der Waals surface area contributed by atoms with Gasteiger partial charge in [0.05, 0.1) is 19.5 Å². The highest BCUT2D eigenvalue weighted by Crippen LogP contribution is 2.16. The summed E-state index contributed by atoms with van der Waals surface area (Å²) in [5, 5.41) is 0. The lowest BCUT2D eigenvalue weighted by Gasteiger charge is -2.28. The SMILES string of the molecule is C1=C[C@H](OCc2ccccc2)[C@H](OCc2ccccc2)CO1. The van der Waals surface area contributed by atoms with Gasteiger partial charge < -0.3 is 14.2 Å². The summed E-state index contributed by atoms with van der Waals surface area (Å²) in [7, 11) is 0. The number of benzene rings is 2. The van der Waals surface area contributed by atoms with Crippen molar-refractivity contribution in [3.05, 3.63) is 84.1 Å². The lowest BCUT2D eigenvalue weighted by Crippen LogP contribution is -2.36. The molecule has 0 spiro atoms. The second-order valence-corrected chi connectivity index (χ2v) is 5.26. The third-order valence-electron chi connectivity index (χ3n) is 3.58. The van der Waals surface area contributed by atoms with Crippen LogP contribution in [-0.4, -0.2) is 18.8 Å². The lowest BCUT2D eigenvalue weighted by molar-refractivity contribution is -0.0966. The zero-order valence-corrected chi connectivity index (χ0v) is 12.4. The fourth-order valence-corrected chi connectivity index (χ4v) is 2.35. The molecule has 0 unspecified atom stereocenters. The van der Waals surface area contributed by atoms with Gasteiger partial charge >= 0.3 is 0 Å². The Morgan fingerprint density at radius 1 is 0.818 bits per heavy atom. The van der Waals surface area contributed by atoms with Crippen LogP contribution < -0.4 is 0 Å². The molecule has 0 aromatic heterocycles. The minimum Gasteiger partial charge on any atom is -0.499 e. The van der Waals surface area contributed by atoms with Gasteiger partial charge in [-0.1, -0.05) is 60.7 Å². The highest BCUT2D eigenvalue weighted by Gasteiger charge is 2.24. The molecule has 0 amide bonds. The monoisotopic (exact) mass is 296 g/mol. The minimum atomic E-state index is -0.0890. The molecule has 114 valence electrons. The second-order valence-electron chi connectivity index (χ2n) is 5.26. The Bertz CT molecular complexity index is 580. The van der Waals surface area contributed by atoms with Gasteiger partial charge in [0.15, 0.2) is 0 Å². The van der Waals surface area contributed by atoms with Crippen molar-refractivity contribution in [2.45, 2.75) is 25.4 Å². The highest BCUT2D eigenvalue weighted by molar-refractivity contribution is 5.14. The largest absolute Gasteiger partial charge is 0.499 e. The topological polar surface area (TPSA) is 27.7 Å². The lowest BCUT2D eigenvalue weighted by atomic mass is 10.1. The van der Waals surface area contributed by atoms with Gasteiger partial charge in [0.2, 0.25) is 0 Å². The van der Waals surface area contributed by atoms with Crippen molar-refractivity contribution in [2.75, 3.05) is 6.61 Å². The van der Waals surface area contributed by atoms with Crippen LogP contribution in [0, 0.1) is 0 Å². The van der Waals surface area contributed by atoms with E-state index in [-0.39, 0.29) is 12.2 Å². The maximum atomic E-state index is 5.98. The van der Waals surface area contributed by atoms with Gasteiger partial charge in [-0.15, -0.1) is 0 Å². The molecule has 0 aliphatic carbocycles. The van der Waals surface area contributed by atoms with E-state index in [0.717, 1.165) is 11.1 Å². The van der Waals surface area contributed by atoms with Crippen molar-refractivity contribution >= 4 is 0 Å². The first-order chi connectivity index (χ1) is 10.9. The van der Waals surface area contributed by atoms with Crippen LogP contribution in [0.2, 0.25) is 0 Å². The van der Waals surface area contributed by atoms with Gasteiger partial charge in [0, 0.05) is 0 Å². The fourth-order valence-electron chi connectivity index (χ4n) is 2.35. The van der Waals surface area contributed by atoms with E-state index in [9.17, 15) is 0 Å². The quantitative estimate of drug-likeness (QED) is 0.813. The van der Waals surface area contributed by atoms with Crippen molar-refractivity contribution in [3.63, 3.8) is 0 Å². The van der Waals surface area contributed by atoms with Crippen LogP contribution in [0.5, 0.6) is 0 Å². The molecule has 22 heavy (non-hydrogen) atoms. The van der Waals surface area contributed by atoms with Crippen LogP contribution in [0.1, 0.15) is 11.1 Å². The smallest absolute Gasteiger partial charge is 0.122 e. The maximum absolute atomic E-state index is 5.98. The van der Waals surface area contributed by atoms with Crippen LogP contribution in [0.4, 0.5) is 0 Å². The van der Waals surface area contributed by atoms with E-state index >= 15 is 0 Å². The average molecular weight is 296 g/mol. The van der Waals surface area contributed by atoms with Crippen molar-refractivity contribution in [1.29, 1.82) is 0 Å². The van der Waals surface area contributed by atoms with Gasteiger partial charge in [0.1, 0.15) is 18.8 Å². The predicted molar refractivity (Wildman–Crippen MR) is 85.1 cm³/mol. The van der Waals surface area contributed by atoms with Crippen molar-refractivity contribution in [1.82, 2.24) is 0 Å². The molecular weight excluding hydrogens is 276 g/mol. The fraction of sp³-hybridized carbons (Fsp3) is 0.263. The first-order valence-corrected chi connectivity index (χ1v) is 7.51. The average Bonchev–Trinajstić information content (AvgIpc) is 2.61. The minimum absolute atomic E-state index is 0.0855. The van der Waals surface area contributed by atoms with Crippen LogP contribution in [0.25, 0.3) is 0 Å². The zero-order valence-electron chi connectivity index (χ0n) is 12.4. The Kier molecular flexibility index (Phi) is 5.24. The summed E-state index contributed by atoms with van der Waals surface area (Å²) < 4.78 is 17.3. The summed E-state index contributed by atoms with van der Waals surface area (Å²) >= 11 is 0. The molecule has 2 aromatic rings. The van der Waals surface area contributed by atoms with Crippen LogP contribution >= 0.6 is 0 Å². The van der Waals surface area contributed by atoms with Gasteiger partial charge in [-0.25, -0.2) is 0 Å². The van der Waals surface area contributed by atoms with Gasteiger partial charge in [-0.3, -0.25) is 0 Å². The molecule has 0 fully saturated rings. The van der Waals surface area contributed by atoms with E-state index in [2.05, 4.69) is 24.3 Å². The van der Waals surface area contributed by atoms with Crippen molar-refractivity contribution < 1.29 is 14.2 Å². The molecule has 0 N–H and O–H groups in total.